The summed E-state index contributed by atoms with van der Waals surface area (Å²) in [5.74, 6) is 0.720. The number of fused-ring (bicyclic) bond motifs is 1. The van der Waals surface area contributed by atoms with Crippen molar-refractivity contribution in [3.05, 3.63) is 124 Å². The minimum atomic E-state index is -0.0540. The van der Waals surface area contributed by atoms with Crippen LogP contribution >= 0.6 is 11.3 Å². The zero-order chi connectivity index (χ0) is 21.9. The third kappa shape index (κ3) is 3.96. The van der Waals surface area contributed by atoms with Crippen LogP contribution in [0.5, 0.6) is 0 Å². The SMILES string of the molecule is N#Cc1cccc(Cn2c(Cc3ccccc3)nc3sc(-c4ccccc4)cc3c2=O)c1. The van der Waals surface area contributed by atoms with Crippen LogP contribution in [0.3, 0.4) is 0 Å². The second-order valence-electron chi connectivity index (χ2n) is 7.59. The summed E-state index contributed by atoms with van der Waals surface area (Å²) in [5.41, 5.74) is 3.60. The fraction of sp³-hybridized carbons (Fsp3) is 0.0741. The highest BCUT2D eigenvalue weighted by Gasteiger charge is 2.16. The van der Waals surface area contributed by atoms with E-state index in [1.54, 1.807) is 22.0 Å². The maximum absolute atomic E-state index is 13.6. The molecule has 2 heterocycles. The summed E-state index contributed by atoms with van der Waals surface area (Å²) in [6, 6.07) is 31.6. The van der Waals surface area contributed by atoms with E-state index in [9.17, 15) is 10.1 Å². The third-order valence-electron chi connectivity index (χ3n) is 5.39. The molecular formula is C27H19N3OS. The molecule has 3 aromatic carbocycles. The normalized spacial score (nSPS) is 10.8. The molecule has 0 atom stereocenters. The number of rotatable bonds is 5. The van der Waals surface area contributed by atoms with Crippen molar-refractivity contribution < 1.29 is 0 Å². The number of nitrogens with zero attached hydrogens (tertiary/aromatic N) is 3. The molecule has 0 bridgehead atoms. The quantitative estimate of drug-likeness (QED) is 0.361. The lowest BCUT2D eigenvalue weighted by Gasteiger charge is -2.13. The van der Waals surface area contributed by atoms with E-state index in [-0.39, 0.29) is 5.56 Å². The Labute approximate surface area is 189 Å². The van der Waals surface area contributed by atoms with Crippen LogP contribution in [0.25, 0.3) is 20.7 Å². The third-order valence-corrected chi connectivity index (χ3v) is 6.47. The molecule has 0 saturated carbocycles. The molecule has 0 radical (unpaired) electrons. The van der Waals surface area contributed by atoms with Gasteiger partial charge in [-0.05, 0) is 34.9 Å². The van der Waals surface area contributed by atoms with E-state index < -0.39 is 0 Å². The Morgan fingerprint density at radius 2 is 1.59 bits per heavy atom. The highest BCUT2D eigenvalue weighted by molar-refractivity contribution is 7.21. The van der Waals surface area contributed by atoms with Gasteiger partial charge < -0.3 is 0 Å². The van der Waals surface area contributed by atoms with Gasteiger partial charge in [0.05, 0.1) is 23.6 Å². The second-order valence-corrected chi connectivity index (χ2v) is 8.62. The fourth-order valence-electron chi connectivity index (χ4n) is 3.80. The van der Waals surface area contributed by atoms with Crippen molar-refractivity contribution in [2.45, 2.75) is 13.0 Å². The zero-order valence-corrected chi connectivity index (χ0v) is 18.0. The van der Waals surface area contributed by atoms with Crippen molar-refractivity contribution in [1.82, 2.24) is 9.55 Å². The van der Waals surface area contributed by atoms with Crippen LogP contribution < -0.4 is 5.56 Å². The highest BCUT2D eigenvalue weighted by Crippen LogP contribution is 2.31. The molecule has 5 rings (SSSR count). The molecule has 0 aliphatic rings. The average Bonchev–Trinajstić information content (AvgIpc) is 3.27. The standard InChI is InChI=1S/C27H19N3OS/c28-17-20-10-7-11-21(14-20)18-30-25(15-19-8-3-1-4-9-19)29-26-23(27(30)31)16-24(32-26)22-12-5-2-6-13-22/h1-14,16H,15,18H2. The summed E-state index contributed by atoms with van der Waals surface area (Å²) >= 11 is 1.54. The largest absolute Gasteiger partial charge is 0.291 e. The monoisotopic (exact) mass is 433 g/mol. The van der Waals surface area contributed by atoms with E-state index in [0.717, 1.165) is 32.2 Å². The minimum Gasteiger partial charge on any atom is -0.291 e. The van der Waals surface area contributed by atoms with Crippen molar-refractivity contribution in [2.24, 2.45) is 0 Å². The molecule has 0 fully saturated rings. The minimum absolute atomic E-state index is 0.0540. The molecule has 5 aromatic rings. The van der Waals surface area contributed by atoms with Crippen LogP contribution in [-0.4, -0.2) is 9.55 Å². The fourth-order valence-corrected chi connectivity index (χ4v) is 4.85. The van der Waals surface area contributed by atoms with Gasteiger partial charge in [-0.15, -0.1) is 11.3 Å². The highest BCUT2D eigenvalue weighted by atomic mass is 32.1. The van der Waals surface area contributed by atoms with E-state index in [1.807, 2.05) is 84.9 Å². The summed E-state index contributed by atoms with van der Waals surface area (Å²) in [5, 5.41) is 9.88. The summed E-state index contributed by atoms with van der Waals surface area (Å²) in [6.45, 7) is 0.371. The molecule has 5 heteroatoms. The van der Waals surface area contributed by atoms with Crippen LogP contribution in [0.15, 0.2) is 95.8 Å². The first-order chi connectivity index (χ1) is 15.7. The summed E-state index contributed by atoms with van der Waals surface area (Å²) in [6.07, 6.45) is 0.558. The van der Waals surface area contributed by atoms with Crippen molar-refractivity contribution in [2.75, 3.05) is 0 Å². The summed E-state index contributed by atoms with van der Waals surface area (Å²) in [4.78, 5) is 20.3. The average molecular weight is 434 g/mol. The molecule has 2 aromatic heterocycles. The molecule has 0 unspecified atom stereocenters. The lowest BCUT2D eigenvalue weighted by Crippen LogP contribution is -2.25. The molecule has 32 heavy (non-hydrogen) atoms. The molecule has 0 aliphatic carbocycles. The van der Waals surface area contributed by atoms with Gasteiger partial charge in [0, 0.05) is 11.3 Å². The second kappa shape index (κ2) is 8.62. The van der Waals surface area contributed by atoms with Crippen LogP contribution in [0.4, 0.5) is 0 Å². The maximum Gasteiger partial charge on any atom is 0.262 e. The lowest BCUT2D eigenvalue weighted by molar-refractivity contribution is 0.694. The molecule has 4 nitrogen and oxygen atoms in total. The summed E-state index contributed by atoms with van der Waals surface area (Å²) < 4.78 is 1.74. The Morgan fingerprint density at radius 3 is 2.34 bits per heavy atom. The predicted octanol–water partition coefficient (Wildman–Crippen LogP) is 5.64. The molecule has 0 N–H and O–H groups in total. The van der Waals surface area contributed by atoms with Crippen LogP contribution in [0.2, 0.25) is 0 Å². The Balaban J connectivity index is 1.66. The van der Waals surface area contributed by atoms with E-state index >= 15 is 0 Å². The van der Waals surface area contributed by atoms with Crippen LogP contribution in [-0.2, 0) is 13.0 Å². The number of aromatic nitrogens is 2. The van der Waals surface area contributed by atoms with Gasteiger partial charge in [0.1, 0.15) is 10.7 Å². The van der Waals surface area contributed by atoms with Crippen molar-refractivity contribution in [3.63, 3.8) is 0 Å². The van der Waals surface area contributed by atoms with E-state index in [0.29, 0.717) is 23.9 Å². The number of nitriles is 1. The molecule has 154 valence electrons. The number of hydrogen-bond acceptors (Lipinski definition) is 4. The Bertz CT molecular complexity index is 1500. The van der Waals surface area contributed by atoms with Crippen LogP contribution in [0.1, 0.15) is 22.5 Å². The van der Waals surface area contributed by atoms with Crippen LogP contribution in [0, 0.1) is 11.3 Å². The van der Waals surface area contributed by atoms with E-state index in [4.69, 9.17) is 4.98 Å². The summed E-state index contributed by atoms with van der Waals surface area (Å²) in [7, 11) is 0. The smallest absolute Gasteiger partial charge is 0.262 e. The number of thiophene rings is 1. The van der Waals surface area contributed by atoms with Gasteiger partial charge in [-0.2, -0.15) is 5.26 Å². The maximum atomic E-state index is 13.6. The zero-order valence-electron chi connectivity index (χ0n) is 17.2. The van der Waals surface area contributed by atoms with Gasteiger partial charge in [0.25, 0.3) is 5.56 Å². The van der Waals surface area contributed by atoms with Crippen molar-refractivity contribution >= 4 is 21.6 Å². The van der Waals surface area contributed by atoms with E-state index in [1.165, 1.54) is 0 Å². The lowest BCUT2D eigenvalue weighted by atomic mass is 10.1. The molecule has 0 saturated heterocycles. The first-order valence-electron chi connectivity index (χ1n) is 10.3. The van der Waals surface area contributed by atoms with Gasteiger partial charge in [-0.1, -0.05) is 72.8 Å². The van der Waals surface area contributed by atoms with Gasteiger partial charge in [0.2, 0.25) is 0 Å². The first-order valence-corrected chi connectivity index (χ1v) is 11.1. The first kappa shape index (κ1) is 19.9. The topological polar surface area (TPSA) is 58.7 Å². The molecule has 0 amide bonds. The van der Waals surface area contributed by atoms with E-state index in [2.05, 4.69) is 6.07 Å². The van der Waals surface area contributed by atoms with Gasteiger partial charge in [-0.25, -0.2) is 4.98 Å². The molecular weight excluding hydrogens is 414 g/mol. The van der Waals surface area contributed by atoms with Gasteiger partial charge >= 0.3 is 0 Å². The van der Waals surface area contributed by atoms with Crippen molar-refractivity contribution in [1.29, 1.82) is 5.26 Å². The Kier molecular flexibility index (Phi) is 5.37. The van der Waals surface area contributed by atoms with Crippen molar-refractivity contribution in [3.8, 4) is 16.5 Å². The number of hydrogen-bond donors (Lipinski definition) is 0. The predicted molar refractivity (Wildman–Crippen MR) is 129 cm³/mol. The Hall–Kier alpha value is -4.01. The Morgan fingerprint density at radius 1 is 0.875 bits per heavy atom. The van der Waals surface area contributed by atoms with Gasteiger partial charge in [-0.3, -0.25) is 9.36 Å². The number of benzene rings is 3. The molecule has 0 aliphatic heterocycles. The van der Waals surface area contributed by atoms with Gasteiger partial charge in [0.15, 0.2) is 0 Å². The molecule has 0 spiro atoms.